The van der Waals surface area contributed by atoms with Gasteiger partial charge < -0.3 is 19.8 Å². The average Bonchev–Trinajstić information content (AvgIpc) is 3.11. The first kappa shape index (κ1) is 17.3. The standard InChI is InChI=1S/C20H18N2O4/c1-25-20(24)19-16(14-8-4-2-5-9-14)12-17(22-19)21-18(23)13-26-15-10-6-3-7-11-15/h2-12,22H,13H2,1H3,(H,21,23). The molecule has 0 aliphatic heterocycles. The van der Waals surface area contributed by atoms with Crippen molar-refractivity contribution in [1.82, 2.24) is 4.98 Å². The summed E-state index contributed by atoms with van der Waals surface area (Å²) in [6, 6.07) is 20.1. The zero-order valence-electron chi connectivity index (χ0n) is 14.2. The maximum absolute atomic E-state index is 12.1. The molecule has 0 saturated heterocycles. The molecule has 2 N–H and O–H groups in total. The largest absolute Gasteiger partial charge is 0.484 e. The number of benzene rings is 2. The molecule has 2 aromatic carbocycles. The van der Waals surface area contributed by atoms with Crippen LogP contribution in [0.4, 0.5) is 5.82 Å². The van der Waals surface area contributed by atoms with E-state index < -0.39 is 5.97 Å². The van der Waals surface area contributed by atoms with Gasteiger partial charge in [0.25, 0.3) is 5.91 Å². The minimum absolute atomic E-state index is 0.142. The molecule has 6 nitrogen and oxygen atoms in total. The molecule has 0 atom stereocenters. The quantitative estimate of drug-likeness (QED) is 0.667. The van der Waals surface area contributed by atoms with Gasteiger partial charge in [-0.25, -0.2) is 4.79 Å². The van der Waals surface area contributed by atoms with Crippen molar-refractivity contribution >= 4 is 17.7 Å². The van der Waals surface area contributed by atoms with Crippen LogP contribution in [-0.4, -0.2) is 30.6 Å². The third-order valence-electron chi connectivity index (χ3n) is 3.68. The van der Waals surface area contributed by atoms with Gasteiger partial charge in [-0.15, -0.1) is 0 Å². The molecule has 3 aromatic rings. The molecule has 0 saturated carbocycles. The van der Waals surface area contributed by atoms with Gasteiger partial charge in [-0.3, -0.25) is 4.79 Å². The van der Waals surface area contributed by atoms with Gasteiger partial charge in [0.15, 0.2) is 6.61 Å². The summed E-state index contributed by atoms with van der Waals surface area (Å²) in [4.78, 5) is 27.0. The third kappa shape index (κ3) is 4.10. The lowest BCUT2D eigenvalue weighted by atomic mass is 10.1. The van der Waals surface area contributed by atoms with Gasteiger partial charge in [0, 0.05) is 5.56 Å². The van der Waals surface area contributed by atoms with Crippen molar-refractivity contribution < 1.29 is 19.1 Å². The van der Waals surface area contributed by atoms with Crippen LogP contribution in [0.25, 0.3) is 11.1 Å². The maximum atomic E-state index is 12.1. The van der Waals surface area contributed by atoms with Crippen molar-refractivity contribution in [3.8, 4) is 16.9 Å². The smallest absolute Gasteiger partial charge is 0.355 e. The van der Waals surface area contributed by atoms with Gasteiger partial charge in [-0.2, -0.15) is 0 Å². The maximum Gasteiger partial charge on any atom is 0.355 e. The average molecular weight is 350 g/mol. The lowest BCUT2D eigenvalue weighted by Crippen LogP contribution is -2.20. The molecule has 1 amide bonds. The molecule has 0 bridgehead atoms. The van der Waals surface area contributed by atoms with Crippen LogP contribution >= 0.6 is 0 Å². The Hall–Kier alpha value is -3.54. The number of nitrogens with one attached hydrogen (secondary N) is 2. The third-order valence-corrected chi connectivity index (χ3v) is 3.68. The van der Waals surface area contributed by atoms with Crippen LogP contribution in [0.15, 0.2) is 66.7 Å². The van der Waals surface area contributed by atoms with Crippen molar-refractivity contribution in [3.63, 3.8) is 0 Å². The van der Waals surface area contributed by atoms with Crippen molar-refractivity contribution in [2.45, 2.75) is 0 Å². The van der Waals surface area contributed by atoms with E-state index in [1.54, 1.807) is 18.2 Å². The van der Waals surface area contributed by atoms with E-state index in [0.717, 1.165) is 5.56 Å². The summed E-state index contributed by atoms with van der Waals surface area (Å²) in [5.41, 5.74) is 1.76. The first-order valence-electron chi connectivity index (χ1n) is 8.02. The predicted octanol–water partition coefficient (Wildman–Crippen LogP) is 3.49. The highest BCUT2D eigenvalue weighted by atomic mass is 16.5. The molecule has 132 valence electrons. The van der Waals surface area contributed by atoms with Gasteiger partial charge >= 0.3 is 5.97 Å². The van der Waals surface area contributed by atoms with Gasteiger partial charge in [-0.1, -0.05) is 48.5 Å². The van der Waals surface area contributed by atoms with Crippen molar-refractivity contribution in [2.24, 2.45) is 0 Å². The lowest BCUT2D eigenvalue weighted by molar-refractivity contribution is -0.118. The summed E-state index contributed by atoms with van der Waals surface area (Å²) in [6.45, 7) is -0.142. The number of amides is 1. The molecule has 1 heterocycles. The first-order chi connectivity index (χ1) is 12.7. The minimum Gasteiger partial charge on any atom is -0.484 e. The fourth-order valence-electron chi connectivity index (χ4n) is 2.48. The number of hydrogen-bond acceptors (Lipinski definition) is 4. The highest BCUT2D eigenvalue weighted by Gasteiger charge is 2.18. The number of esters is 1. The van der Waals surface area contributed by atoms with Gasteiger partial charge in [0.2, 0.25) is 0 Å². The number of para-hydroxylation sites is 1. The Labute approximate surface area is 150 Å². The SMILES string of the molecule is COC(=O)c1[nH]c(NC(=O)COc2ccccc2)cc1-c1ccccc1. The van der Waals surface area contributed by atoms with E-state index in [-0.39, 0.29) is 18.2 Å². The molecule has 1 aromatic heterocycles. The minimum atomic E-state index is -0.509. The van der Waals surface area contributed by atoms with E-state index in [0.29, 0.717) is 17.1 Å². The van der Waals surface area contributed by atoms with E-state index in [9.17, 15) is 9.59 Å². The number of aromatic nitrogens is 1. The Morgan fingerprint density at radius 1 is 1.00 bits per heavy atom. The number of hydrogen-bond donors (Lipinski definition) is 2. The molecule has 0 unspecified atom stereocenters. The van der Waals surface area contributed by atoms with E-state index in [2.05, 4.69) is 10.3 Å². The van der Waals surface area contributed by atoms with Crippen LogP contribution in [0.5, 0.6) is 5.75 Å². The summed E-state index contributed by atoms with van der Waals surface area (Å²) in [6.07, 6.45) is 0. The van der Waals surface area contributed by atoms with Crippen LogP contribution in [0, 0.1) is 0 Å². The topological polar surface area (TPSA) is 80.4 Å². The van der Waals surface area contributed by atoms with E-state index in [4.69, 9.17) is 9.47 Å². The number of carbonyl (C=O) groups excluding carboxylic acids is 2. The molecule has 26 heavy (non-hydrogen) atoms. The second-order valence-electron chi connectivity index (χ2n) is 5.48. The fraction of sp³-hybridized carbons (Fsp3) is 0.100. The summed E-state index contributed by atoms with van der Waals surface area (Å²) in [5.74, 6) is 0.149. The monoisotopic (exact) mass is 350 g/mol. The van der Waals surface area contributed by atoms with Crippen LogP contribution in [0.2, 0.25) is 0 Å². The Kier molecular flexibility index (Phi) is 5.34. The van der Waals surface area contributed by atoms with Crippen LogP contribution in [-0.2, 0) is 9.53 Å². The molecule has 0 spiro atoms. The molecular weight excluding hydrogens is 332 g/mol. The number of ether oxygens (including phenoxy) is 2. The molecule has 0 aliphatic carbocycles. The van der Waals surface area contributed by atoms with Gasteiger partial charge in [-0.05, 0) is 23.8 Å². The van der Waals surface area contributed by atoms with Crippen LogP contribution < -0.4 is 10.1 Å². The Morgan fingerprint density at radius 3 is 2.31 bits per heavy atom. The number of anilines is 1. The molecule has 0 fully saturated rings. The van der Waals surface area contributed by atoms with E-state index in [1.165, 1.54) is 7.11 Å². The molecule has 3 rings (SSSR count). The number of aromatic amines is 1. The number of carbonyl (C=O) groups is 2. The van der Waals surface area contributed by atoms with Crippen molar-refractivity contribution in [3.05, 3.63) is 72.4 Å². The Bertz CT molecular complexity index is 889. The van der Waals surface area contributed by atoms with Crippen molar-refractivity contribution in [2.75, 3.05) is 19.0 Å². The number of rotatable bonds is 6. The fourth-order valence-corrected chi connectivity index (χ4v) is 2.48. The molecule has 0 radical (unpaired) electrons. The highest BCUT2D eigenvalue weighted by Crippen LogP contribution is 2.27. The second-order valence-corrected chi connectivity index (χ2v) is 5.48. The summed E-state index contributed by atoms with van der Waals surface area (Å²) >= 11 is 0. The Morgan fingerprint density at radius 2 is 1.65 bits per heavy atom. The van der Waals surface area contributed by atoms with Gasteiger partial charge in [0.05, 0.1) is 7.11 Å². The van der Waals surface area contributed by atoms with Gasteiger partial charge in [0.1, 0.15) is 17.3 Å². The highest BCUT2D eigenvalue weighted by molar-refractivity contribution is 5.99. The lowest BCUT2D eigenvalue weighted by Gasteiger charge is -2.05. The predicted molar refractivity (Wildman–Crippen MR) is 98.1 cm³/mol. The van der Waals surface area contributed by atoms with Crippen LogP contribution in [0.3, 0.4) is 0 Å². The second kappa shape index (κ2) is 8.02. The van der Waals surface area contributed by atoms with Crippen molar-refractivity contribution in [1.29, 1.82) is 0 Å². The van der Waals surface area contributed by atoms with Crippen LogP contribution in [0.1, 0.15) is 10.5 Å². The number of H-pyrrole nitrogens is 1. The molecular formula is C20H18N2O4. The number of methoxy groups -OCH3 is 1. The molecule has 6 heteroatoms. The summed E-state index contributed by atoms with van der Waals surface area (Å²) in [7, 11) is 1.31. The molecule has 0 aliphatic rings. The Balaban J connectivity index is 1.74. The zero-order valence-corrected chi connectivity index (χ0v) is 14.2. The first-order valence-corrected chi connectivity index (χ1v) is 8.02. The van der Waals surface area contributed by atoms with E-state index >= 15 is 0 Å². The zero-order chi connectivity index (χ0) is 18.4. The summed E-state index contributed by atoms with van der Waals surface area (Å²) in [5, 5.41) is 2.69. The summed E-state index contributed by atoms with van der Waals surface area (Å²) < 4.78 is 10.2. The van der Waals surface area contributed by atoms with E-state index in [1.807, 2.05) is 48.5 Å². The normalized spacial score (nSPS) is 10.2.